The van der Waals surface area contributed by atoms with Crippen LogP contribution in [0.25, 0.3) is 0 Å². The summed E-state index contributed by atoms with van der Waals surface area (Å²) in [6, 6.07) is 10.8. The Morgan fingerprint density at radius 2 is 1.82 bits per heavy atom. The van der Waals surface area contributed by atoms with E-state index >= 15 is 0 Å². The molecule has 0 saturated heterocycles. The topological polar surface area (TPSA) is 154 Å². The van der Waals surface area contributed by atoms with E-state index in [1.807, 2.05) is 19.9 Å². The van der Waals surface area contributed by atoms with Crippen molar-refractivity contribution in [2.75, 3.05) is 37.5 Å². The lowest BCUT2D eigenvalue weighted by Crippen LogP contribution is -2.44. The van der Waals surface area contributed by atoms with Crippen LogP contribution in [0.5, 0.6) is 0 Å². The molecule has 0 atom stereocenters. The minimum atomic E-state index is -0.861. The molecule has 0 fully saturated rings. The molecule has 0 unspecified atom stereocenters. The van der Waals surface area contributed by atoms with E-state index in [1.165, 1.54) is 18.4 Å². The van der Waals surface area contributed by atoms with Crippen molar-refractivity contribution in [3.8, 4) is 0 Å². The lowest BCUT2D eigenvalue weighted by atomic mass is 10.1. The van der Waals surface area contributed by atoms with Gasteiger partial charge >= 0.3 is 11.7 Å². The molecule has 12 heteroatoms. The highest BCUT2D eigenvalue weighted by Gasteiger charge is 2.25. The van der Waals surface area contributed by atoms with Gasteiger partial charge in [-0.2, -0.15) is 0 Å². The Morgan fingerprint density at radius 1 is 1.11 bits per heavy atom. The van der Waals surface area contributed by atoms with E-state index in [9.17, 15) is 24.0 Å². The number of rotatable bonds is 12. The molecule has 0 saturated carbocycles. The number of aryl methyl sites for hydroxylation is 2. The average molecular weight is 543 g/mol. The first-order chi connectivity index (χ1) is 18.1. The van der Waals surface area contributed by atoms with Crippen LogP contribution in [0.4, 0.5) is 11.5 Å². The zero-order chi connectivity index (χ0) is 27.8. The van der Waals surface area contributed by atoms with Gasteiger partial charge < -0.3 is 15.2 Å². The van der Waals surface area contributed by atoms with Crippen LogP contribution in [-0.4, -0.2) is 54.1 Å². The van der Waals surface area contributed by atoms with E-state index in [0.29, 0.717) is 5.56 Å². The van der Waals surface area contributed by atoms with Gasteiger partial charge in [0, 0.05) is 35.4 Å². The van der Waals surface area contributed by atoms with Crippen molar-refractivity contribution < 1.29 is 23.9 Å². The number of nitrogen functional groups attached to an aromatic ring is 1. The van der Waals surface area contributed by atoms with Gasteiger partial charge in [0.1, 0.15) is 5.82 Å². The highest BCUT2D eigenvalue weighted by molar-refractivity contribution is 7.12. The van der Waals surface area contributed by atoms with Crippen molar-refractivity contribution in [3.63, 3.8) is 0 Å². The summed E-state index contributed by atoms with van der Waals surface area (Å²) in [5.74, 6) is -1.88. The number of H-pyrrole nitrogens is 1. The Balaban J connectivity index is 1.73. The van der Waals surface area contributed by atoms with E-state index in [-0.39, 0.29) is 49.8 Å². The fourth-order valence-electron chi connectivity index (χ4n) is 3.86. The second-order valence-electron chi connectivity index (χ2n) is 8.51. The van der Waals surface area contributed by atoms with Crippen LogP contribution in [0, 0.1) is 13.8 Å². The number of aromatic nitrogens is 2. The summed E-state index contributed by atoms with van der Waals surface area (Å²) in [5, 5.41) is 0. The molecule has 3 aromatic rings. The van der Waals surface area contributed by atoms with Crippen molar-refractivity contribution in [1.82, 2.24) is 9.55 Å². The number of nitrogens with zero attached hydrogens (tertiary/aromatic N) is 2. The van der Waals surface area contributed by atoms with Crippen molar-refractivity contribution in [2.24, 2.45) is 0 Å². The van der Waals surface area contributed by atoms with E-state index in [2.05, 4.69) is 4.98 Å². The second-order valence-corrected chi connectivity index (χ2v) is 9.97. The number of carbonyl (C=O) groups excluding carboxylic acids is 3. The maximum Gasteiger partial charge on any atom is 0.330 e. The summed E-state index contributed by atoms with van der Waals surface area (Å²) in [6.45, 7) is 3.07. The number of ether oxygens (including phenoxy) is 2. The van der Waals surface area contributed by atoms with Crippen LogP contribution >= 0.6 is 11.3 Å². The second kappa shape index (κ2) is 13.0. The van der Waals surface area contributed by atoms with Crippen molar-refractivity contribution in [1.29, 1.82) is 0 Å². The SMILES string of the molecule is COCCN(C(=O)COC(=O)CCC(=O)c1cc(C)sc1C)c1c(N)n(Cc2ccccc2)c(=O)[nH]c1=O. The third-order valence-corrected chi connectivity index (χ3v) is 6.71. The number of benzene rings is 1. The third kappa shape index (κ3) is 7.05. The Morgan fingerprint density at radius 3 is 2.45 bits per heavy atom. The van der Waals surface area contributed by atoms with Gasteiger partial charge in [-0.3, -0.25) is 33.6 Å². The van der Waals surface area contributed by atoms with Gasteiger partial charge in [0.25, 0.3) is 11.5 Å². The van der Waals surface area contributed by atoms with Crippen LogP contribution in [0.3, 0.4) is 0 Å². The molecule has 1 amide bonds. The maximum absolute atomic E-state index is 13.1. The first-order valence-corrected chi connectivity index (χ1v) is 12.7. The largest absolute Gasteiger partial charge is 0.456 e. The van der Waals surface area contributed by atoms with Crippen molar-refractivity contribution in [3.05, 3.63) is 78.1 Å². The van der Waals surface area contributed by atoms with Gasteiger partial charge in [-0.1, -0.05) is 30.3 Å². The molecule has 2 aromatic heterocycles. The number of hydrogen-bond acceptors (Lipinski definition) is 9. The summed E-state index contributed by atoms with van der Waals surface area (Å²) in [4.78, 5) is 68.1. The molecule has 0 spiro atoms. The molecule has 3 rings (SSSR count). The summed E-state index contributed by atoms with van der Waals surface area (Å²) in [7, 11) is 1.42. The number of aromatic amines is 1. The number of esters is 1. The molecule has 0 aliphatic heterocycles. The summed E-state index contributed by atoms with van der Waals surface area (Å²) < 4.78 is 11.3. The fourth-order valence-corrected chi connectivity index (χ4v) is 4.80. The van der Waals surface area contributed by atoms with Crippen molar-refractivity contribution in [2.45, 2.75) is 33.2 Å². The van der Waals surface area contributed by atoms with E-state index < -0.39 is 29.7 Å². The quantitative estimate of drug-likeness (QED) is 0.260. The summed E-state index contributed by atoms with van der Waals surface area (Å²) in [5.41, 5.74) is 5.70. The Hall–Kier alpha value is -4.03. The molecule has 11 nitrogen and oxygen atoms in total. The Bertz CT molecular complexity index is 1430. The number of anilines is 2. The number of nitrogens with one attached hydrogen (secondary N) is 1. The predicted octanol–water partition coefficient (Wildman–Crippen LogP) is 2.03. The van der Waals surface area contributed by atoms with Gasteiger partial charge in [0.2, 0.25) is 0 Å². The smallest absolute Gasteiger partial charge is 0.330 e. The summed E-state index contributed by atoms with van der Waals surface area (Å²) in [6.07, 6.45) is -0.266. The number of methoxy groups -OCH3 is 1. The lowest BCUT2D eigenvalue weighted by Gasteiger charge is -2.24. The third-order valence-electron chi connectivity index (χ3n) is 5.74. The molecule has 1 aromatic carbocycles. The molecule has 2 heterocycles. The Labute approximate surface area is 222 Å². The number of ketones is 1. The molecule has 3 N–H and O–H groups in total. The summed E-state index contributed by atoms with van der Waals surface area (Å²) >= 11 is 1.50. The van der Waals surface area contributed by atoms with Gasteiger partial charge in [-0.25, -0.2) is 4.79 Å². The normalized spacial score (nSPS) is 10.8. The highest BCUT2D eigenvalue weighted by atomic mass is 32.1. The Kier molecular flexibility index (Phi) is 9.74. The molecular formula is C26H30N4O7S. The molecule has 0 radical (unpaired) electrons. The zero-order valence-corrected chi connectivity index (χ0v) is 22.3. The molecule has 0 aliphatic carbocycles. The zero-order valence-electron chi connectivity index (χ0n) is 21.4. The van der Waals surface area contributed by atoms with E-state index in [4.69, 9.17) is 15.2 Å². The molecular weight excluding hydrogens is 512 g/mol. The predicted molar refractivity (Wildman–Crippen MR) is 144 cm³/mol. The number of amides is 1. The van der Waals surface area contributed by atoms with Gasteiger partial charge in [0.15, 0.2) is 18.1 Å². The molecule has 0 bridgehead atoms. The van der Waals surface area contributed by atoms with E-state index in [1.54, 1.807) is 30.3 Å². The van der Waals surface area contributed by atoms with Crippen LogP contribution < -0.4 is 21.9 Å². The van der Waals surface area contributed by atoms with Crippen LogP contribution in [-0.2, 0) is 25.6 Å². The average Bonchev–Trinajstić information content (AvgIpc) is 3.23. The minimum Gasteiger partial charge on any atom is -0.456 e. The number of carbonyl (C=O) groups is 3. The highest BCUT2D eigenvalue weighted by Crippen LogP contribution is 2.22. The number of nitrogens with two attached hydrogens (primary N) is 1. The number of thiophene rings is 1. The first kappa shape index (κ1) is 28.5. The maximum atomic E-state index is 13.1. The van der Waals surface area contributed by atoms with Gasteiger partial charge in [-0.15, -0.1) is 11.3 Å². The lowest BCUT2D eigenvalue weighted by molar-refractivity contribution is -0.147. The molecule has 38 heavy (non-hydrogen) atoms. The molecule has 0 aliphatic rings. The van der Waals surface area contributed by atoms with Crippen LogP contribution in [0.2, 0.25) is 0 Å². The number of Topliss-reactive ketones (excluding diaryl/α,β-unsaturated/α-hetero) is 1. The van der Waals surface area contributed by atoms with Gasteiger partial charge in [0.05, 0.1) is 19.6 Å². The van der Waals surface area contributed by atoms with Crippen LogP contribution in [0.1, 0.15) is 38.5 Å². The fraction of sp³-hybridized carbons (Fsp3) is 0.346. The van der Waals surface area contributed by atoms with Crippen LogP contribution in [0.15, 0.2) is 46.0 Å². The first-order valence-electron chi connectivity index (χ1n) is 11.8. The monoisotopic (exact) mass is 542 g/mol. The van der Waals surface area contributed by atoms with Crippen molar-refractivity contribution >= 4 is 40.5 Å². The number of hydrogen-bond donors (Lipinski definition) is 2. The van der Waals surface area contributed by atoms with E-state index in [0.717, 1.165) is 24.8 Å². The minimum absolute atomic E-state index is 0.0459. The molecule has 202 valence electrons. The standard InChI is InChI=1S/C26H30N4O7S/c1-16-13-19(17(2)38-16)20(31)9-10-22(33)37-15-21(32)29(11-12-36-3)23-24(27)30(26(35)28-25(23)34)14-18-7-5-4-6-8-18/h4-8,13H,9-12,14-15,27H2,1-3H3,(H,28,34,35). The van der Waals surface area contributed by atoms with Gasteiger partial charge in [-0.05, 0) is 25.5 Å².